The van der Waals surface area contributed by atoms with Crippen LogP contribution in [0.5, 0.6) is 0 Å². The third-order valence-electron chi connectivity index (χ3n) is 5.71. The number of anilines is 4. The van der Waals surface area contributed by atoms with Gasteiger partial charge in [-0.2, -0.15) is 4.98 Å². The number of piperidine rings is 1. The number of aliphatic hydroxyl groups excluding tert-OH is 1. The lowest BCUT2D eigenvalue weighted by Gasteiger charge is -2.38. The second kappa shape index (κ2) is 8.22. The third kappa shape index (κ3) is 4.23. The highest BCUT2D eigenvalue weighted by Gasteiger charge is 2.39. The number of fused-ring (bicyclic) bond motifs is 1. The van der Waals surface area contributed by atoms with Crippen LogP contribution in [0.2, 0.25) is 0 Å². The summed E-state index contributed by atoms with van der Waals surface area (Å²) in [6, 6.07) is 3.74. The van der Waals surface area contributed by atoms with E-state index < -0.39 is 11.8 Å². The van der Waals surface area contributed by atoms with E-state index in [4.69, 9.17) is 0 Å². The summed E-state index contributed by atoms with van der Waals surface area (Å²) in [5.74, 6) is 2.73. The summed E-state index contributed by atoms with van der Waals surface area (Å²) in [5, 5.41) is 18.2. The highest BCUT2D eigenvalue weighted by molar-refractivity contribution is 5.95. The summed E-state index contributed by atoms with van der Waals surface area (Å²) in [6.45, 7) is 6.21. The molecule has 0 amide bonds. The van der Waals surface area contributed by atoms with Crippen molar-refractivity contribution in [2.24, 2.45) is 0 Å². The zero-order chi connectivity index (χ0) is 22.2. The van der Waals surface area contributed by atoms with Gasteiger partial charge in [0.1, 0.15) is 17.5 Å². The highest BCUT2D eigenvalue weighted by atomic mass is 19.1. The number of nitrogens with zero attached hydrogens (tertiary/aromatic N) is 5. The first kappa shape index (κ1) is 21.2. The van der Waals surface area contributed by atoms with Gasteiger partial charge in [-0.05, 0) is 42.3 Å². The molecule has 0 radical (unpaired) electrons. The average molecular weight is 426 g/mol. The molecule has 8 nitrogen and oxygen atoms in total. The molecule has 1 aliphatic rings. The van der Waals surface area contributed by atoms with Crippen LogP contribution in [0.4, 0.5) is 27.8 Å². The van der Waals surface area contributed by atoms with Gasteiger partial charge in [0, 0.05) is 37.6 Å². The van der Waals surface area contributed by atoms with E-state index in [1.807, 2.05) is 19.3 Å². The van der Waals surface area contributed by atoms with E-state index in [0.717, 1.165) is 22.2 Å². The van der Waals surface area contributed by atoms with Gasteiger partial charge in [-0.15, -0.1) is 0 Å². The molecular formula is C22H28FN7O. The van der Waals surface area contributed by atoms with Gasteiger partial charge >= 0.3 is 0 Å². The van der Waals surface area contributed by atoms with Gasteiger partial charge in [-0.3, -0.25) is 0 Å². The van der Waals surface area contributed by atoms with Crippen molar-refractivity contribution in [1.82, 2.24) is 19.9 Å². The minimum atomic E-state index is -1.70. The minimum absolute atomic E-state index is 0.0450. The number of halogens is 1. The van der Waals surface area contributed by atoms with Gasteiger partial charge in [0.25, 0.3) is 0 Å². The van der Waals surface area contributed by atoms with Crippen LogP contribution in [0.15, 0.2) is 30.7 Å². The Balaban J connectivity index is 1.62. The van der Waals surface area contributed by atoms with Gasteiger partial charge in [0.2, 0.25) is 5.95 Å². The van der Waals surface area contributed by atoms with Crippen LogP contribution in [0.3, 0.4) is 0 Å². The standard InChI is InChI=1S/C22H28FN7O/c1-13(2)15-10-27-20(24-4)16-11-26-19(9-14(15)16)28-18-5-7-25-21(29-18)30-8-6-17(31)22(3,23)12-30/h5,7,9-11,13,17,31H,6,8,12H2,1-4H3,(H,24,27)(H,25,26,28,29)/t17-,22+/m1/s1. The number of hydrogen-bond donors (Lipinski definition) is 3. The fourth-order valence-corrected chi connectivity index (χ4v) is 3.89. The van der Waals surface area contributed by atoms with Crippen molar-refractivity contribution in [1.29, 1.82) is 0 Å². The molecule has 1 saturated heterocycles. The number of alkyl halides is 1. The molecule has 4 rings (SSSR count). The van der Waals surface area contributed by atoms with Crippen LogP contribution in [0, 0.1) is 0 Å². The monoisotopic (exact) mass is 425 g/mol. The van der Waals surface area contributed by atoms with Crippen LogP contribution < -0.4 is 15.5 Å². The molecule has 2 atom stereocenters. The normalized spacial score (nSPS) is 21.5. The number of pyridine rings is 2. The van der Waals surface area contributed by atoms with Gasteiger partial charge in [0.05, 0.1) is 12.6 Å². The Bertz CT molecular complexity index is 1090. The summed E-state index contributed by atoms with van der Waals surface area (Å²) in [6.07, 6.45) is 4.68. The van der Waals surface area contributed by atoms with Crippen LogP contribution >= 0.6 is 0 Å². The summed E-state index contributed by atoms with van der Waals surface area (Å²) >= 11 is 0. The molecule has 9 heteroatoms. The molecule has 0 aromatic carbocycles. The van der Waals surface area contributed by atoms with Crippen molar-refractivity contribution >= 4 is 34.2 Å². The third-order valence-corrected chi connectivity index (χ3v) is 5.71. The van der Waals surface area contributed by atoms with Crippen molar-refractivity contribution in [3.8, 4) is 0 Å². The van der Waals surface area contributed by atoms with Crippen molar-refractivity contribution in [2.45, 2.75) is 44.9 Å². The van der Waals surface area contributed by atoms with Crippen molar-refractivity contribution in [2.75, 3.05) is 35.7 Å². The Morgan fingerprint density at radius 1 is 1.19 bits per heavy atom. The van der Waals surface area contributed by atoms with Gasteiger partial charge in [-0.1, -0.05) is 13.8 Å². The van der Waals surface area contributed by atoms with Crippen molar-refractivity contribution in [3.63, 3.8) is 0 Å². The van der Waals surface area contributed by atoms with E-state index in [1.54, 1.807) is 23.4 Å². The predicted molar refractivity (Wildman–Crippen MR) is 121 cm³/mol. The van der Waals surface area contributed by atoms with E-state index in [2.05, 4.69) is 44.4 Å². The Hall–Kier alpha value is -3.07. The van der Waals surface area contributed by atoms with E-state index in [9.17, 15) is 9.50 Å². The molecule has 0 saturated carbocycles. The maximum Gasteiger partial charge on any atom is 0.227 e. The molecule has 0 aliphatic carbocycles. The van der Waals surface area contributed by atoms with E-state index >= 15 is 0 Å². The fourth-order valence-electron chi connectivity index (χ4n) is 3.89. The molecule has 0 spiro atoms. The Kier molecular flexibility index (Phi) is 5.62. The number of hydrogen-bond acceptors (Lipinski definition) is 8. The molecule has 1 aliphatic heterocycles. The molecule has 3 N–H and O–H groups in total. The van der Waals surface area contributed by atoms with Gasteiger partial charge in [-0.25, -0.2) is 19.3 Å². The molecule has 3 aromatic heterocycles. The maximum absolute atomic E-state index is 14.6. The minimum Gasteiger partial charge on any atom is -0.390 e. The Morgan fingerprint density at radius 3 is 2.71 bits per heavy atom. The molecule has 0 bridgehead atoms. The summed E-state index contributed by atoms with van der Waals surface area (Å²) < 4.78 is 14.6. The smallest absolute Gasteiger partial charge is 0.227 e. The Labute approximate surface area is 181 Å². The number of aliphatic hydroxyl groups is 1. The molecule has 3 aromatic rings. The molecule has 31 heavy (non-hydrogen) atoms. The topological polar surface area (TPSA) is 99.1 Å². The van der Waals surface area contributed by atoms with Gasteiger partial charge in [0.15, 0.2) is 5.67 Å². The van der Waals surface area contributed by atoms with E-state index in [1.165, 1.54) is 6.92 Å². The lowest BCUT2D eigenvalue weighted by Crippen LogP contribution is -2.52. The Morgan fingerprint density at radius 2 is 2.00 bits per heavy atom. The van der Waals surface area contributed by atoms with Crippen LogP contribution in [0.25, 0.3) is 10.8 Å². The fraction of sp³-hybridized carbons (Fsp3) is 0.455. The zero-order valence-electron chi connectivity index (χ0n) is 18.2. The van der Waals surface area contributed by atoms with Crippen molar-refractivity contribution in [3.05, 3.63) is 36.3 Å². The zero-order valence-corrected chi connectivity index (χ0v) is 18.2. The van der Waals surface area contributed by atoms with Crippen molar-refractivity contribution < 1.29 is 9.50 Å². The van der Waals surface area contributed by atoms with E-state index in [0.29, 0.717) is 36.5 Å². The molecule has 164 valence electrons. The first-order valence-electron chi connectivity index (χ1n) is 10.5. The summed E-state index contributed by atoms with van der Waals surface area (Å²) in [4.78, 5) is 19.6. The van der Waals surface area contributed by atoms with Crippen LogP contribution in [-0.4, -0.2) is 57.0 Å². The quantitative estimate of drug-likeness (QED) is 0.570. The van der Waals surface area contributed by atoms with Gasteiger partial charge < -0.3 is 20.6 Å². The number of rotatable bonds is 5. The SMILES string of the molecule is CNc1ncc(C(C)C)c2cc(Nc3ccnc(N4CC[C@@H](O)[C@@](C)(F)C4)n3)ncc12. The number of aromatic nitrogens is 4. The van der Waals surface area contributed by atoms with Crippen LogP contribution in [-0.2, 0) is 0 Å². The first-order valence-corrected chi connectivity index (χ1v) is 10.5. The lowest BCUT2D eigenvalue weighted by atomic mass is 9.94. The lowest BCUT2D eigenvalue weighted by molar-refractivity contribution is -0.00860. The predicted octanol–water partition coefficient (Wildman–Crippen LogP) is 3.63. The molecular weight excluding hydrogens is 397 g/mol. The average Bonchev–Trinajstić information content (AvgIpc) is 2.74. The summed E-state index contributed by atoms with van der Waals surface area (Å²) in [7, 11) is 1.84. The maximum atomic E-state index is 14.6. The number of nitrogens with one attached hydrogen (secondary N) is 2. The van der Waals surface area contributed by atoms with Crippen LogP contribution in [0.1, 0.15) is 38.7 Å². The largest absolute Gasteiger partial charge is 0.390 e. The second-order valence-electron chi connectivity index (χ2n) is 8.45. The molecule has 0 unspecified atom stereocenters. The highest BCUT2D eigenvalue weighted by Crippen LogP contribution is 2.31. The molecule has 4 heterocycles. The molecule has 1 fully saturated rings. The van der Waals surface area contributed by atoms with E-state index in [-0.39, 0.29) is 6.54 Å². The summed E-state index contributed by atoms with van der Waals surface area (Å²) in [5.41, 5.74) is -0.561. The second-order valence-corrected chi connectivity index (χ2v) is 8.45. The first-order chi connectivity index (χ1) is 14.8.